The van der Waals surface area contributed by atoms with E-state index in [9.17, 15) is 0 Å². The van der Waals surface area contributed by atoms with Gasteiger partial charge in [-0.3, -0.25) is 0 Å². The second-order valence-corrected chi connectivity index (χ2v) is 5.52. The van der Waals surface area contributed by atoms with E-state index in [1.165, 1.54) is 17.7 Å². The van der Waals surface area contributed by atoms with Crippen LogP contribution in [0.1, 0.15) is 33.6 Å². The predicted molar refractivity (Wildman–Crippen MR) is 70.1 cm³/mol. The maximum Gasteiger partial charge on any atom is 0.0375 e. The lowest BCUT2D eigenvalue weighted by molar-refractivity contribution is 0.479. The fourth-order valence-corrected chi connectivity index (χ4v) is 2.17. The van der Waals surface area contributed by atoms with Crippen molar-refractivity contribution in [2.75, 3.05) is 6.54 Å². The van der Waals surface area contributed by atoms with Crippen LogP contribution in [-0.4, -0.2) is 6.54 Å². The van der Waals surface area contributed by atoms with Crippen LogP contribution in [0.4, 0.5) is 0 Å². The molecule has 0 aromatic rings. The van der Waals surface area contributed by atoms with E-state index in [2.05, 4.69) is 56.5 Å². The molecule has 0 amide bonds. The van der Waals surface area contributed by atoms with Gasteiger partial charge in [0.05, 0.1) is 0 Å². The molecular weight excluding hydrogens is 194 g/mol. The van der Waals surface area contributed by atoms with Crippen LogP contribution in [0.15, 0.2) is 47.2 Å². The Kier molecular flexibility index (Phi) is 3.04. The van der Waals surface area contributed by atoms with Crippen molar-refractivity contribution in [3.63, 3.8) is 0 Å². The summed E-state index contributed by atoms with van der Waals surface area (Å²) in [5, 5.41) is 3.42. The largest absolute Gasteiger partial charge is 0.381 e. The summed E-state index contributed by atoms with van der Waals surface area (Å²) in [7, 11) is 0. The van der Waals surface area contributed by atoms with E-state index in [-0.39, 0.29) is 0 Å². The summed E-state index contributed by atoms with van der Waals surface area (Å²) in [5.74, 6) is 0. The van der Waals surface area contributed by atoms with Crippen molar-refractivity contribution in [3.8, 4) is 0 Å². The molecule has 0 radical (unpaired) electrons. The molecule has 0 aromatic heterocycles. The molecule has 86 valence electrons. The van der Waals surface area contributed by atoms with Crippen LogP contribution in [0.3, 0.4) is 0 Å². The van der Waals surface area contributed by atoms with Crippen LogP contribution in [0, 0.1) is 5.41 Å². The Bertz CT molecular complexity index is 386. The van der Waals surface area contributed by atoms with Crippen LogP contribution in [0.5, 0.6) is 0 Å². The topological polar surface area (TPSA) is 12.0 Å². The molecule has 1 N–H and O–H groups in total. The molecular formula is C15H21N. The summed E-state index contributed by atoms with van der Waals surface area (Å²) < 4.78 is 0. The number of nitrogens with one attached hydrogen (secondary N) is 1. The van der Waals surface area contributed by atoms with Crippen LogP contribution in [0.25, 0.3) is 0 Å². The molecule has 0 atom stereocenters. The zero-order chi connectivity index (χ0) is 11.6. The highest BCUT2D eigenvalue weighted by Gasteiger charge is 2.19. The van der Waals surface area contributed by atoms with Gasteiger partial charge in [0.15, 0.2) is 0 Å². The monoisotopic (exact) mass is 215 g/mol. The summed E-state index contributed by atoms with van der Waals surface area (Å²) in [5.41, 5.74) is 4.61. The first-order chi connectivity index (χ1) is 7.57. The average Bonchev–Trinajstić information content (AvgIpc) is 2.29. The van der Waals surface area contributed by atoms with E-state index >= 15 is 0 Å². The molecule has 16 heavy (non-hydrogen) atoms. The molecule has 0 saturated heterocycles. The number of hydrogen-bond donors (Lipinski definition) is 1. The molecule has 1 aliphatic heterocycles. The minimum absolute atomic E-state index is 0.316. The van der Waals surface area contributed by atoms with Gasteiger partial charge in [-0.1, -0.05) is 50.6 Å². The first-order valence-corrected chi connectivity index (χ1v) is 6.08. The highest BCUT2D eigenvalue weighted by Crippen LogP contribution is 2.34. The van der Waals surface area contributed by atoms with Crippen LogP contribution >= 0.6 is 0 Å². The summed E-state index contributed by atoms with van der Waals surface area (Å²) >= 11 is 0. The number of hydrogen-bond acceptors (Lipinski definition) is 1. The SMILES string of the molecule is CC(C)(C)C1=CC=C(C2=CC=CCN2)CC1. The lowest BCUT2D eigenvalue weighted by atomic mass is 9.80. The molecule has 0 saturated carbocycles. The van der Waals surface area contributed by atoms with E-state index in [1.54, 1.807) is 5.57 Å². The molecule has 2 rings (SSSR count). The van der Waals surface area contributed by atoms with Gasteiger partial charge in [-0.2, -0.15) is 0 Å². The van der Waals surface area contributed by atoms with Gasteiger partial charge in [0, 0.05) is 12.2 Å². The van der Waals surface area contributed by atoms with Crippen molar-refractivity contribution in [2.24, 2.45) is 5.41 Å². The number of dihydropyridines is 1. The Balaban J connectivity index is 2.16. The zero-order valence-corrected chi connectivity index (χ0v) is 10.5. The molecule has 0 aromatic carbocycles. The molecule has 1 heterocycles. The van der Waals surface area contributed by atoms with Gasteiger partial charge in [-0.05, 0) is 29.9 Å². The molecule has 0 spiro atoms. The van der Waals surface area contributed by atoms with Crippen molar-refractivity contribution in [1.29, 1.82) is 0 Å². The minimum atomic E-state index is 0.316. The summed E-state index contributed by atoms with van der Waals surface area (Å²) in [6, 6.07) is 0. The fourth-order valence-electron chi connectivity index (χ4n) is 2.17. The Hall–Kier alpha value is -1.24. The van der Waals surface area contributed by atoms with Gasteiger partial charge < -0.3 is 5.32 Å². The molecule has 0 unspecified atom stereocenters. The molecule has 1 heteroatoms. The average molecular weight is 215 g/mol. The Morgan fingerprint density at radius 1 is 1.06 bits per heavy atom. The second kappa shape index (κ2) is 4.32. The van der Waals surface area contributed by atoms with Gasteiger partial charge >= 0.3 is 0 Å². The van der Waals surface area contributed by atoms with E-state index in [4.69, 9.17) is 0 Å². The summed E-state index contributed by atoms with van der Waals surface area (Å²) in [4.78, 5) is 0. The van der Waals surface area contributed by atoms with Gasteiger partial charge in [0.1, 0.15) is 0 Å². The van der Waals surface area contributed by atoms with Gasteiger partial charge in [-0.25, -0.2) is 0 Å². The Morgan fingerprint density at radius 3 is 2.38 bits per heavy atom. The highest BCUT2D eigenvalue weighted by molar-refractivity contribution is 5.41. The van der Waals surface area contributed by atoms with Crippen LogP contribution in [-0.2, 0) is 0 Å². The van der Waals surface area contributed by atoms with Crippen molar-refractivity contribution in [1.82, 2.24) is 5.32 Å². The number of rotatable bonds is 1. The maximum absolute atomic E-state index is 3.42. The third-order valence-electron chi connectivity index (χ3n) is 3.27. The molecule has 0 fully saturated rings. The van der Waals surface area contributed by atoms with Gasteiger partial charge in [0.2, 0.25) is 0 Å². The quantitative estimate of drug-likeness (QED) is 0.703. The summed E-state index contributed by atoms with van der Waals surface area (Å²) in [6.45, 7) is 7.83. The zero-order valence-electron chi connectivity index (χ0n) is 10.5. The molecule has 0 bridgehead atoms. The van der Waals surface area contributed by atoms with Gasteiger partial charge in [0.25, 0.3) is 0 Å². The number of allylic oxidation sites excluding steroid dienone is 6. The van der Waals surface area contributed by atoms with Gasteiger partial charge in [-0.15, -0.1) is 0 Å². The lowest BCUT2D eigenvalue weighted by Crippen LogP contribution is -2.19. The smallest absolute Gasteiger partial charge is 0.0375 e. The Morgan fingerprint density at radius 2 is 1.88 bits per heavy atom. The molecule has 2 aliphatic rings. The predicted octanol–water partition coefficient (Wildman–Crippen LogP) is 3.72. The van der Waals surface area contributed by atoms with Crippen molar-refractivity contribution in [2.45, 2.75) is 33.6 Å². The van der Waals surface area contributed by atoms with Crippen LogP contribution in [0.2, 0.25) is 0 Å². The highest BCUT2D eigenvalue weighted by atomic mass is 14.9. The first-order valence-electron chi connectivity index (χ1n) is 6.08. The minimum Gasteiger partial charge on any atom is -0.381 e. The standard InChI is InChI=1S/C15H21N/c1-15(2,3)13-9-7-12(8-10-13)14-6-4-5-11-16-14/h4-7,9,16H,8,10-11H2,1-3H3. The third kappa shape index (κ3) is 2.46. The third-order valence-corrected chi connectivity index (χ3v) is 3.27. The maximum atomic E-state index is 3.42. The normalized spacial score (nSPS) is 20.8. The van der Waals surface area contributed by atoms with E-state index < -0.39 is 0 Å². The van der Waals surface area contributed by atoms with E-state index in [0.29, 0.717) is 5.41 Å². The van der Waals surface area contributed by atoms with Crippen molar-refractivity contribution >= 4 is 0 Å². The summed E-state index contributed by atoms with van der Waals surface area (Å²) in [6.07, 6.45) is 13.4. The fraction of sp³-hybridized carbons (Fsp3) is 0.467. The van der Waals surface area contributed by atoms with E-state index in [0.717, 1.165) is 13.0 Å². The first kappa shape index (κ1) is 11.3. The Labute approximate surface area is 98.6 Å². The second-order valence-electron chi connectivity index (χ2n) is 5.52. The van der Waals surface area contributed by atoms with Crippen molar-refractivity contribution in [3.05, 3.63) is 47.2 Å². The van der Waals surface area contributed by atoms with Crippen LogP contribution < -0.4 is 5.32 Å². The van der Waals surface area contributed by atoms with E-state index in [1.807, 2.05) is 0 Å². The van der Waals surface area contributed by atoms with Crippen molar-refractivity contribution < 1.29 is 0 Å². The molecule has 1 nitrogen and oxygen atoms in total. The molecule has 1 aliphatic carbocycles. The lowest BCUT2D eigenvalue weighted by Gasteiger charge is -2.27.